The monoisotopic (exact) mass is 198 g/mol. The van der Waals surface area contributed by atoms with Gasteiger partial charge in [-0.2, -0.15) is 13.2 Å². The largest absolute Gasteiger partial charge is 0.471 e. The molecule has 1 aliphatic heterocycles. The second-order valence-corrected chi connectivity index (χ2v) is 2.30. The highest BCUT2D eigenvalue weighted by atomic mass is 19.4. The number of halogens is 3. The molecule has 0 aromatic heterocycles. The van der Waals surface area contributed by atoms with Crippen LogP contribution in [-0.4, -0.2) is 30.6 Å². The zero-order chi connectivity index (χ0) is 10.1. The fourth-order valence-corrected chi connectivity index (χ4v) is 0.690. The molecule has 0 aliphatic carbocycles. The molecule has 1 saturated heterocycles. The van der Waals surface area contributed by atoms with E-state index in [1.54, 1.807) is 5.48 Å². The SMILES string of the molecule is O=C1NOC[C@H]1NC(=O)C(F)(F)F. The minimum absolute atomic E-state index is 0.305. The Bertz CT molecular complexity index is 240. The molecule has 0 spiro atoms. The number of rotatable bonds is 1. The molecular weight excluding hydrogens is 193 g/mol. The van der Waals surface area contributed by atoms with E-state index in [0.717, 1.165) is 0 Å². The maximum atomic E-state index is 11.6. The quantitative estimate of drug-likeness (QED) is 0.573. The van der Waals surface area contributed by atoms with Crippen molar-refractivity contribution in [2.45, 2.75) is 12.2 Å². The smallest absolute Gasteiger partial charge is 0.334 e. The molecular formula is C5H5F3N2O3. The van der Waals surface area contributed by atoms with Crippen LogP contribution in [0.3, 0.4) is 0 Å². The van der Waals surface area contributed by atoms with Gasteiger partial charge in [0.15, 0.2) is 0 Å². The number of alkyl halides is 3. The van der Waals surface area contributed by atoms with Gasteiger partial charge in [0.05, 0.1) is 0 Å². The molecule has 0 bridgehead atoms. The lowest BCUT2D eigenvalue weighted by atomic mass is 10.3. The summed E-state index contributed by atoms with van der Waals surface area (Å²) < 4.78 is 34.9. The number of carbonyl (C=O) groups is 2. The average Bonchev–Trinajstić information content (AvgIpc) is 2.34. The van der Waals surface area contributed by atoms with Crippen molar-refractivity contribution in [2.75, 3.05) is 6.61 Å². The maximum absolute atomic E-state index is 11.6. The van der Waals surface area contributed by atoms with Crippen molar-refractivity contribution in [3.63, 3.8) is 0 Å². The van der Waals surface area contributed by atoms with Crippen LogP contribution in [0.5, 0.6) is 0 Å². The lowest BCUT2D eigenvalue weighted by molar-refractivity contribution is -0.174. The van der Waals surface area contributed by atoms with E-state index in [0.29, 0.717) is 0 Å². The third-order valence-corrected chi connectivity index (χ3v) is 1.30. The Labute approximate surface area is 70.2 Å². The van der Waals surface area contributed by atoms with Gasteiger partial charge < -0.3 is 5.32 Å². The fraction of sp³-hybridized carbons (Fsp3) is 0.600. The van der Waals surface area contributed by atoms with E-state index in [1.807, 2.05) is 0 Å². The predicted molar refractivity (Wildman–Crippen MR) is 32.1 cm³/mol. The Morgan fingerprint density at radius 3 is 2.62 bits per heavy atom. The second kappa shape index (κ2) is 3.21. The number of nitrogens with one attached hydrogen (secondary N) is 2. The van der Waals surface area contributed by atoms with Gasteiger partial charge in [-0.1, -0.05) is 0 Å². The molecule has 1 aliphatic rings. The van der Waals surface area contributed by atoms with Crippen LogP contribution in [0.2, 0.25) is 0 Å². The number of hydroxylamine groups is 1. The summed E-state index contributed by atoms with van der Waals surface area (Å²) in [6.07, 6.45) is -4.98. The van der Waals surface area contributed by atoms with Crippen LogP contribution in [0, 0.1) is 0 Å². The van der Waals surface area contributed by atoms with Crippen LogP contribution in [0.1, 0.15) is 0 Å². The molecule has 0 aromatic rings. The highest BCUT2D eigenvalue weighted by Gasteiger charge is 2.41. The van der Waals surface area contributed by atoms with E-state index in [9.17, 15) is 22.8 Å². The van der Waals surface area contributed by atoms with E-state index < -0.39 is 24.0 Å². The molecule has 1 atom stereocenters. The molecule has 0 aromatic carbocycles. The van der Waals surface area contributed by atoms with E-state index in [-0.39, 0.29) is 6.61 Å². The highest BCUT2D eigenvalue weighted by molar-refractivity contribution is 5.90. The van der Waals surface area contributed by atoms with Crippen LogP contribution in [0.4, 0.5) is 13.2 Å². The molecule has 1 heterocycles. The number of amides is 2. The summed E-state index contributed by atoms with van der Waals surface area (Å²) in [7, 11) is 0. The molecule has 1 rings (SSSR count). The van der Waals surface area contributed by atoms with Crippen LogP contribution < -0.4 is 10.8 Å². The third-order valence-electron chi connectivity index (χ3n) is 1.30. The Morgan fingerprint density at radius 1 is 1.62 bits per heavy atom. The third kappa shape index (κ3) is 2.31. The minimum Gasteiger partial charge on any atom is -0.334 e. The molecule has 1 fully saturated rings. The first-order valence-corrected chi connectivity index (χ1v) is 3.20. The van der Waals surface area contributed by atoms with Gasteiger partial charge in [-0.3, -0.25) is 14.4 Å². The van der Waals surface area contributed by atoms with Crippen molar-refractivity contribution in [3.8, 4) is 0 Å². The summed E-state index contributed by atoms with van der Waals surface area (Å²) in [4.78, 5) is 25.2. The van der Waals surface area contributed by atoms with Gasteiger partial charge in [-0.15, -0.1) is 0 Å². The highest BCUT2D eigenvalue weighted by Crippen LogP contribution is 2.14. The van der Waals surface area contributed by atoms with Crippen molar-refractivity contribution < 1.29 is 27.6 Å². The minimum atomic E-state index is -4.98. The number of carbonyl (C=O) groups excluding carboxylic acids is 2. The first kappa shape index (κ1) is 9.78. The maximum Gasteiger partial charge on any atom is 0.471 e. The summed E-state index contributed by atoms with van der Waals surface area (Å²) in [6, 6.07) is -1.27. The summed E-state index contributed by atoms with van der Waals surface area (Å²) in [6.45, 7) is -0.305. The Hall–Kier alpha value is -1.31. The van der Waals surface area contributed by atoms with Crippen LogP contribution >= 0.6 is 0 Å². The van der Waals surface area contributed by atoms with Crippen LogP contribution in [0.25, 0.3) is 0 Å². The average molecular weight is 198 g/mol. The van der Waals surface area contributed by atoms with Crippen LogP contribution in [-0.2, 0) is 14.4 Å². The number of hydrogen-bond donors (Lipinski definition) is 2. The van der Waals surface area contributed by atoms with Gasteiger partial charge in [-0.05, 0) is 0 Å². The molecule has 8 heteroatoms. The summed E-state index contributed by atoms with van der Waals surface area (Å²) >= 11 is 0. The molecule has 0 saturated carbocycles. The standard InChI is InChI=1S/C5H5F3N2O3/c6-5(7,8)4(12)9-2-1-13-10-3(2)11/h2H,1H2,(H,9,12)(H,10,11)/t2-/m1/s1. The van der Waals surface area contributed by atoms with E-state index in [4.69, 9.17) is 0 Å². The topological polar surface area (TPSA) is 67.4 Å². The first-order chi connectivity index (χ1) is 5.91. The molecule has 0 unspecified atom stereocenters. The van der Waals surface area contributed by atoms with E-state index >= 15 is 0 Å². The summed E-state index contributed by atoms with van der Waals surface area (Å²) in [5.41, 5.74) is 1.81. The molecule has 2 N–H and O–H groups in total. The lowest BCUT2D eigenvalue weighted by Crippen LogP contribution is -2.47. The van der Waals surface area contributed by atoms with Gasteiger partial charge in [0.25, 0.3) is 5.91 Å². The van der Waals surface area contributed by atoms with Gasteiger partial charge in [0.1, 0.15) is 12.6 Å². The Morgan fingerprint density at radius 2 is 2.23 bits per heavy atom. The molecule has 74 valence electrons. The normalized spacial score (nSPS) is 22.7. The zero-order valence-electron chi connectivity index (χ0n) is 6.14. The van der Waals surface area contributed by atoms with Gasteiger partial charge in [0, 0.05) is 0 Å². The Kier molecular flexibility index (Phi) is 2.41. The van der Waals surface area contributed by atoms with Gasteiger partial charge in [-0.25, -0.2) is 5.48 Å². The summed E-state index contributed by atoms with van der Waals surface area (Å²) in [5.74, 6) is -2.95. The first-order valence-electron chi connectivity index (χ1n) is 3.20. The van der Waals surface area contributed by atoms with Crippen LogP contribution in [0.15, 0.2) is 0 Å². The second-order valence-electron chi connectivity index (χ2n) is 2.30. The van der Waals surface area contributed by atoms with Crippen molar-refractivity contribution in [1.29, 1.82) is 0 Å². The van der Waals surface area contributed by atoms with Gasteiger partial charge >= 0.3 is 12.1 Å². The molecule has 5 nitrogen and oxygen atoms in total. The predicted octanol–water partition coefficient (Wildman–Crippen LogP) is -0.905. The zero-order valence-corrected chi connectivity index (χ0v) is 6.14. The molecule has 0 radical (unpaired) electrons. The van der Waals surface area contributed by atoms with Crippen molar-refractivity contribution in [3.05, 3.63) is 0 Å². The Balaban J connectivity index is 2.49. The van der Waals surface area contributed by atoms with E-state index in [1.165, 1.54) is 5.32 Å². The number of hydrogen-bond acceptors (Lipinski definition) is 3. The lowest BCUT2D eigenvalue weighted by Gasteiger charge is -2.09. The van der Waals surface area contributed by atoms with Crippen molar-refractivity contribution in [1.82, 2.24) is 10.8 Å². The van der Waals surface area contributed by atoms with Gasteiger partial charge in [0.2, 0.25) is 0 Å². The van der Waals surface area contributed by atoms with E-state index in [2.05, 4.69) is 4.84 Å². The molecule has 13 heavy (non-hydrogen) atoms. The van der Waals surface area contributed by atoms with Crippen molar-refractivity contribution in [2.24, 2.45) is 0 Å². The van der Waals surface area contributed by atoms with Crippen molar-refractivity contribution >= 4 is 11.8 Å². The fourth-order valence-electron chi connectivity index (χ4n) is 0.690. The summed E-state index contributed by atoms with van der Waals surface area (Å²) in [5, 5.41) is 1.47. The molecule has 2 amide bonds.